The Bertz CT molecular complexity index is 468. The molecule has 0 saturated heterocycles. The Morgan fingerprint density at radius 2 is 1.50 bits per heavy atom. The van der Waals surface area contributed by atoms with Gasteiger partial charge in [-0.05, 0) is 25.0 Å². The second kappa shape index (κ2) is 9.75. The smallest absolute Gasteiger partial charge is 0.293 e. The normalized spacial score (nSPS) is 9.30. The summed E-state index contributed by atoms with van der Waals surface area (Å²) in [5.41, 5.74) is 1.43. The molecule has 106 valence electrons. The summed E-state index contributed by atoms with van der Waals surface area (Å²) in [5, 5.41) is 0. The number of carbonyl (C=O) groups is 1. The van der Waals surface area contributed by atoms with Gasteiger partial charge in [0.05, 0.1) is 12.2 Å². The zero-order chi connectivity index (χ0) is 14.6. The van der Waals surface area contributed by atoms with Crippen LogP contribution in [0.3, 0.4) is 0 Å². The zero-order valence-electron chi connectivity index (χ0n) is 11.9. The van der Waals surface area contributed by atoms with E-state index in [0.717, 1.165) is 12.0 Å². The summed E-state index contributed by atoms with van der Waals surface area (Å²) in [4.78, 5) is 20.7. The summed E-state index contributed by atoms with van der Waals surface area (Å²) < 4.78 is 0. The molecule has 0 N–H and O–H groups in total. The third-order valence-electron chi connectivity index (χ3n) is 2.45. The molecule has 0 amide bonds. The molecule has 20 heavy (non-hydrogen) atoms. The van der Waals surface area contributed by atoms with Gasteiger partial charge in [0.2, 0.25) is 0 Å². The van der Waals surface area contributed by atoms with Crippen LogP contribution >= 0.6 is 0 Å². The highest BCUT2D eigenvalue weighted by Crippen LogP contribution is 2.08. The Hall–Kier alpha value is -2.13. The van der Waals surface area contributed by atoms with Crippen LogP contribution < -0.4 is 0 Å². The molecule has 2 aromatic carbocycles. The minimum atomic E-state index is -0.434. The van der Waals surface area contributed by atoms with Crippen molar-refractivity contribution in [3.8, 4) is 0 Å². The van der Waals surface area contributed by atoms with Gasteiger partial charge in [-0.15, -0.1) is 0 Å². The summed E-state index contributed by atoms with van der Waals surface area (Å²) >= 11 is 0. The van der Waals surface area contributed by atoms with E-state index in [1.807, 2.05) is 62.4 Å². The van der Waals surface area contributed by atoms with Crippen molar-refractivity contribution < 1.29 is 14.6 Å². The lowest BCUT2D eigenvalue weighted by molar-refractivity contribution is -0.240. The summed E-state index contributed by atoms with van der Waals surface area (Å²) in [5.74, 6) is -0.434. The molecule has 0 aliphatic rings. The Morgan fingerprint density at radius 3 is 2.00 bits per heavy atom. The van der Waals surface area contributed by atoms with Crippen molar-refractivity contribution in [1.29, 1.82) is 0 Å². The number of aryl methyl sites for hydroxylation is 1. The number of hydrogen-bond donors (Lipinski definition) is 0. The molecule has 0 bridgehead atoms. The Balaban J connectivity index is 0.000000276. The predicted molar refractivity (Wildman–Crippen MR) is 79.3 cm³/mol. The lowest BCUT2D eigenvalue weighted by atomic mass is 10.1. The fourth-order valence-electron chi connectivity index (χ4n) is 1.41. The highest BCUT2D eigenvalue weighted by atomic mass is 17.2. The molecule has 0 atom stereocenters. The van der Waals surface area contributed by atoms with Gasteiger partial charge in [-0.3, -0.25) is 4.89 Å². The van der Waals surface area contributed by atoms with Crippen molar-refractivity contribution in [3.05, 3.63) is 71.8 Å². The molecular formula is C17H20O3. The monoisotopic (exact) mass is 272 g/mol. The molecule has 0 unspecified atom stereocenters. The first kappa shape index (κ1) is 15.9. The van der Waals surface area contributed by atoms with Gasteiger partial charge in [0.25, 0.3) is 0 Å². The van der Waals surface area contributed by atoms with Crippen LogP contribution in [0.5, 0.6) is 0 Å². The maximum atomic E-state index is 11.4. The first-order valence-corrected chi connectivity index (χ1v) is 6.65. The van der Waals surface area contributed by atoms with Gasteiger partial charge >= 0.3 is 5.97 Å². The van der Waals surface area contributed by atoms with E-state index in [4.69, 9.17) is 4.89 Å². The van der Waals surface area contributed by atoms with Crippen molar-refractivity contribution in [1.82, 2.24) is 0 Å². The van der Waals surface area contributed by atoms with E-state index in [0.29, 0.717) is 12.2 Å². The van der Waals surface area contributed by atoms with Gasteiger partial charge in [-0.25, -0.2) is 4.79 Å². The van der Waals surface area contributed by atoms with Crippen LogP contribution in [0.25, 0.3) is 0 Å². The summed E-state index contributed by atoms with van der Waals surface area (Å²) in [6.45, 7) is 4.23. The van der Waals surface area contributed by atoms with Crippen LogP contribution in [0.1, 0.15) is 29.3 Å². The van der Waals surface area contributed by atoms with E-state index in [2.05, 4.69) is 4.89 Å². The van der Waals surface area contributed by atoms with Crippen LogP contribution in [0.2, 0.25) is 0 Å². The Kier molecular flexibility index (Phi) is 7.77. The Morgan fingerprint density at radius 1 is 0.950 bits per heavy atom. The van der Waals surface area contributed by atoms with E-state index in [1.54, 1.807) is 12.1 Å². The molecule has 3 heteroatoms. The predicted octanol–water partition coefficient (Wildman–Crippen LogP) is 4.18. The molecule has 3 nitrogen and oxygen atoms in total. The molecule has 0 aliphatic carbocycles. The molecule has 0 spiro atoms. The van der Waals surface area contributed by atoms with Crippen molar-refractivity contribution >= 4 is 5.97 Å². The van der Waals surface area contributed by atoms with E-state index >= 15 is 0 Å². The Labute approximate surface area is 120 Å². The van der Waals surface area contributed by atoms with Crippen molar-refractivity contribution in [2.24, 2.45) is 0 Å². The molecule has 0 heterocycles. The van der Waals surface area contributed by atoms with E-state index in [9.17, 15) is 4.79 Å². The van der Waals surface area contributed by atoms with Crippen LogP contribution in [0, 0.1) is 6.92 Å². The summed E-state index contributed by atoms with van der Waals surface area (Å²) in [6.07, 6.45) is 0.820. The summed E-state index contributed by atoms with van der Waals surface area (Å²) in [6, 6.07) is 19.2. The fourth-order valence-corrected chi connectivity index (χ4v) is 1.41. The van der Waals surface area contributed by atoms with Crippen LogP contribution in [0.4, 0.5) is 0 Å². The molecule has 2 aromatic rings. The first-order valence-electron chi connectivity index (χ1n) is 6.65. The van der Waals surface area contributed by atoms with Crippen molar-refractivity contribution in [3.63, 3.8) is 0 Å². The minimum absolute atomic E-state index is 0.428. The lowest BCUT2D eigenvalue weighted by Crippen LogP contribution is -2.08. The number of rotatable bonds is 4. The lowest BCUT2D eigenvalue weighted by Gasteiger charge is -2.04. The number of carbonyl (C=O) groups excluding carboxylic acids is 1. The SMILES string of the molecule is CCCOOC(=O)c1ccccc1C.c1ccccc1. The maximum absolute atomic E-state index is 11.4. The highest BCUT2D eigenvalue weighted by Gasteiger charge is 2.09. The molecule has 2 rings (SSSR count). The minimum Gasteiger partial charge on any atom is -0.293 e. The fraction of sp³-hybridized carbons (Fsp3) is 0.235. The van der Waals surface area contributed by atoms with E-state index < -0.39 is 5.97 Å². The number of benzene rings is 2. The molecule has 0 aromatic heterocycles. The van der Waals surface area contributed by atoms with Crippen molar-refractivity contribution in [2.75, 3.05) is 6.61 Å². The van der Waals surface area contributed by atoms with Crippen LogP contribution in [-0.2, 0) is 9.78 Å². The van der Waals surface area contributed by atoms with Crippen molar-refractivity contribution in [2.45, 2.75) is 20.3 Å². The third-order valence-corrected chi connectivity index (χ3v) is 2.45. The van der Waals surface area contributed by atoms with Gasteiger partial charge in [-0.1, -0.05) is 61.5 Å². The second-order valence-electron chi connectivity index (χ2n) is 4.16. The topological polar surface area (TPSA) is 35.5 Å². The standard InChI is InChI=1S/C11H14O3.C6H6/c1-3-8-13-14-11(12)10-7-5-4-6-9(10)2;1-2-4-6-5-3-1/h4-7H,3,8H2,1-2H3;1-6H. The van der Waals surface area contributed by atoms with Crippen LogP contribution in [-0.4, -0.2) is 12.6 Å². The largest absolute Gasteiger partial charge is 0.373 e. The van der Waals surface area contributed by atoms with E-state index in [-0.39, 0.29) is 0 Å². The van der Waals surface area contributed by atoms with Gasteiger partial charge in [0.15, 0.2) is 0 Å². The van der Waals surface area contributed by atoms with E-state index in [1.165, 1.54) is 0 Å². The summed E-state index contributed by atoms with van der Waals surface area (Å²) in [7, 11) is 0. The quantitative estimate of drug-likeness (QED) is 0.476. The molecule has 0 radical (unpaired) electrons. The number of hydrogen-bond acceptors (Lipinski definition) is 3. The maximum Gasteiger partial charge on any atom is 0.373 e. The average Bonchev–Trinajstić information content (AvgIpc) is 2.50. The molecule has 0 fully saturated rings. The van der Waals surface area contributed by atoms with Gasteiger partial charge in [0.1, 0.15) is 0 Å². The second-order valence-corrected chi connectivity index (χ2v) is 4.16. The van der Waals surface area contributed by atoms with Gasteiger partial charge in [0, 0.05) is 0 Å². The zero-order valence-corrected chi connectivity index (χ0v) is 11.9. The third kappa shape index (κ3) is 6.16. The molecule has 0 aliphatic heterocycles. The van der Waals surface area contributed by atoms with Gasteiger partial charge in [-0.2, -0.15) is 4.89 Å². The first-order chi connectivity index (χ1) is 9.75. The van der Waals surface area contributed by atoms with Gasteiger partial charge < -0.3 is 0 Å². The van der Waals surface area contributed by atoms with Crippen LogP contribution in [0.15, 0.2) is 60.7 Å². The molecular weight excluding hydrogens is 252 g/mol. The average molecular weight is 272 g/mol. The highest BCUT2D eigenvalue weighted by molar-refractivity contribution is 5.90. The molecule has 0 saturated carbocycles.